The van der Waals surface area contributed by atoms with Gasteiger partial charge in [-0.3, -0.25) is 4.90 Å². The molecular formula is C20H33N3O3S. The van der Waals surface area contributed by atoms with Crippen LogP contribution in [0, 0.1) is 5.92 Å². The van der Waals surface area contributed by atoms with Crippen LogP contribution in [0.5, 0.6) is 0 Å². The van der Waals surface area contributed by atoms with Crippen molar-refractivity contribution in [2.75, 3.05) is 25.4 Å². The van der Waals surface area contributed by atoms with E-state index in [2.05, 4.69) is 9.88 Å². The Morgan fingerprint density at radius 2 is 1.78 bits per heavy atom. The average molecular weight is 396 g/mol. The summed E-state index contributed by atoms with van der Waals surface area (Å²) in [6.45, 7) is 4.37. The van der Waals surface area contributed by atoms with Crippen LogP contribution in [0.4, 0.5) is 0 Å². The SMILES string of the molecule is O=S(=O)(CC1CC1)c1ncc(CN2CCCCCCC2)n1CC1CCCO1. The van der Waals surface area contributed by atoms with E-state index in [0.29, 0.717) is 12.5 Å². The van der Waals surface area contributed by atoms with Gasteiger partial charge in [0.05, 0.1) is 30.3 Å². The number of ether oxygens (including phenoxy) is 1. The highest BCUT2D eigenvalue weighted by atomic mass is 32.2. The Kier molecular flexibility index (Phi) is 6.19. The van der Waals surface area contributed by atoms with Crippen molar-refractivity contribution < 1.29 is 13.2 Å². The van der Waals surface area contributed by atoms with Crippen LogP contribution in [0.3, 0.4) is 0 Å². The number of sulfone groups is 1. The Balaban J connectivity index is 1.55. The fourth-order valence-corrected chi connectivity index (χ4v) is 6.17. The van der Waals surface area contributed by atoms with Crippen molar-refractivity contribution in [3.05, 3.63) is 11.9 Å². The number of nitrogens with zero attached hydrogens (tertiary/aromatic N) is 3. The molecule has 0 bridgehead atoms. The Hall–Kier alpha value is -0.920. The van der Waals surface area contributed by atoms with Crippen LogP contribution in [0.2, 0.25) is 0 Å². The van der Waals surface area contributed by atoms with Crippen LogP contribution in [-0.2, 0) is 27.7 Å². The van der Waals surface area contributed by atoms with Crippen LogP contribution < -0.4 is 0 Å². The number of hydrogen-bond acceptors (Lipinski definition) is 5. The van der Waals surface area contributed by atoms with E-state index >= 15 is 0 Å². The van der Waals surface area contributed by atoms with Crippen molar-refractivity contribution in [1.29, 1.82) is 0 Å². The predicted octanol–water partition coefficient (Wildman–Crippen LogP) is 3.01. The molecule has 1 aliphatic carbocycles. The fourth-order valence-electron chi connectivity index (χ4n) is 4.32. The summed E-state index contributed by atoms with van der Waals surface area (Å²) < 4.78 is 33.7. The highest BCUT2D eigenvalue weighted by Gasteiger charge is 2.33. The van der Waals surface area contributed by atoms with E-state index in [0.717, 1.165) is 57.6 Å². The van der Waals surface area contributed by atoms with Crippen LogP contribution in [-0.4, -0.2) is 54.4 Å². The maximum atomic E-state index is 12.9. The zero-order valence-electron chi connectivity index (χ0n) is 16.3. The molecule has 7 heteroatoms. The molecule has 152 valence electrons. The van der Waals surface area contributed by atoms with Crippen LogP contribution in [0.25, 0.3) is 0 Å². The van der Waals surface area contributed by atoms with Crippen molar-refractivity contribution in [2.24, 2.45) is 5.92 Å². The Bertz CT molecular complexity index is 713. The van der Waals surface area contributed by atoms with Gasteiger partial charge in [-0.25, -0.2) is 13.4 Å². The molecule has 0 radical (unpaired) electrons. The smallest absolute Gasteiger partial charge is 0.227 e. The first-order chi connectivity index (χ1) is 13.1. The van der Waals surface area contributed by atoms with Gasteiger partial charge in [-0.1, -0.05) is 19.3 Å². The van der Waals surface area contributed by atoms with Gasteiger partial charge in [0.1, 0.15) is 0 Å². The third-order valence-corrected chi connectivity index (χ3v) is 7.87. The highest BCUT2D eigenvalue weighted by Crippen LogP contribution is 2.32. The van der Waals surface area contributed by atoms with Gasteiger partial charge >= 0.3 is 0 Å². The average Bonchev–Trinajstić information content (AvgIpc) is 3.10. The van der Waals surface area contributed by atoms with E-state index in [9.17, 15) is 8.42 Å². The van der Waals surface area contributed by atoms with Gasteiger partial charge in [-0.2, -0.15) is 0 Å². The highest BCUT2D eigenvalue weighted by molar-refractivity contribution is 7.91. The number of hydrogen-bond donors (Lipinski definition) is 0. The van der Waals surface area contributed by atoms with Crippen molar-refractivity contribution in [2.45, 2.75) is 82.1 Å². The maximum Gasteiger partial charge on any atom is 0.227 e. The zero-order valence-corrected chi connectivity index (χ0v) is 17.1. The second-order valence-corrected chi connectivity index (χ2v) is 10.5. The number of imidazole rings is 1. The van der Waals surface area contributed by atoms with Crippen LogP contribution >= 0.6 is 0 Å². The summed E-state index contributed by atoms with van der Waals surface area (Å²) >= 11 is 0. The zero-order chi connectivity index (χ0) is 18.7. The summed E-state index contributed by atoms with van der Waals surface area (Å²) in [4.78, 5) is 6.88. The summed E-state index contributed by atoms with van der Waals surface area (Å²) in [7, 11) is -3.32. The Morgan fingerprint density at radius 1 is 1.04 bits per heavy atom. The van der Waals surface area contributed by atoms with Gasteiger partial charge in [-0.15, -0.1) is 0 Å². The van der Waals surface area contributed by atoms with Gasteiger partial charge in [0.2, 0.25) is 15.0 Å². The molecule has 2 aliphatic heterocycles. The minimum atomic E-state index is -3.32. The summed E-state index contributed by atoms with van der Waals surface area (Å²) in [5.74, 6) is 0.583. The van der Waals surface area contributed by atoms with Crippen molar-refractivity contribution in [3.8, 4) is 0 Å². The summed E-state index contributed by atoms with van der Waals surface area (Å²) in [5.41, 5.74) is 1.03. The Morgan fingerprint density at radius 3 is 2.44 bits per heavy atom. The molecule has 0 aromatic carbocycles. The molecule has 1 atom stereocenters. The maximum absolute atomic E-state index is 12.9. The van der Waals surface area contributed by atoms with Gasteiger partial charge in [0.15, 0.2) is 0 Å². The lowest BCUT2D eigenvalue weighted by Crippen LogP contribution is -2.29. The summed E-state index contributed by atoms with van der Waals surface area (Å²) in [5, 5.41) is 0.270. The lowest BCUT2D eigenvalue weighted by Gasteiger charge is -2.25. The molecule has 0 amide bonds. The normalized spacial score (nSPS) is 25.4. The minimum Gasteiger partial charge on any atom is -0.376 e. The third kappa shape index (κ3) is 5.12. The molecule has 6 nitrogen and oxygen atoms in total. The van der Waals surface area contributed by atoms with Gasteiger partial charge < -0.3 is 9.30 Å². The van der Waals surface area contributed by atoms with E-state index in [1.54, 1.807) is 6.20 Å². The van der Waals surface area contributed by atoms with Crippen molar-refractivity contribution in [1.82, 2.24) is 14.5 Å². The monoisotopic (exact) mass is 395 g/mol. The van der Waals surface area contributed by atoms with E-state index in [4.69, 9.17) is 4.74 Å². The quantitative estimate of drug-likeness (QED) is 0.710. The summed E-state index contributed by atoms with van der Waals surface area (Å²) in [6, 6.07) is 0. The molecule has 1 saturated carbocycles. The lowest BCUT2D eigenvalue weighted by molar-refractivity contribution is 0.0931. The van der Waals surface area contributed by atoms with Gasteiger partial charge in [-0.05, 0) is 57.5 Å². The summed E-state index contributed by atoms with van der Waals surface area (Å²) in [6.07, 6.45) is 12.4. The first kappa shape index (κ1) is 19.4. The largest absolute Gasteiger partial charge is 0.376 e. The fraction of sp³-hybridized carbons (Fsp3) is 0.850. The second-order valence-electron chi connectivity index (χ2n) is 8.55. The minimum absolute atomic E-state index is 0.111. The standard InChI is InChI=1S/C20H33N3O3S/c24-27(25,16-17-8-9-17)20-21-13-18(23(20)15-19-7-6-12-26-19)14-22-10-4-2-1-3-5-11-22/h13,17,19H,1-12,14-16H2. The molecule has 2 saturated heterocycles. The molecule has 1 aromatic heterocycles. The van der Waals surface area contributed by atoms with E-state index in [1.165, 1.54) is 32.1 Å². The number of likely N-dealkylation sites (tertiary alicyclic amines) is 1. The topological polar surface area (TPSA) is 64.4 Å². The molecule has 1 aromatic rings. The molecule has 4 rings (SSSR count). The van der Waals surface area contributed by atoms with Gasteiger partial charge in [0, 0.05) is 13.2 Å². The Labute approximate surface area is 163 Å². The molecule has 3 aliphatic rings. The van der Waals surface area contributed by atoms with Gasteiger partial charge in [0.25, 0.3) is 0 Å². The van der Waals surface area contributed by atoms with E-state index in [1.807, 2.05) is 4.57 Å². The van der Waals surface area contributed by atoms with Crippen molar-refractivity contribution >= 4 is 9.84 Å². The number of aromatic nitrogens is 2. The molecule has 3 heterocycles. The molecule has 3 fully saturated rings. The molecule has 0 spiro atoms. The van der Waals surface area contributed by atoms with Crippen LogP contribution in [0.15, 0.2) is 11.4 Å². The molecular weight excluding hydrogens is 362 g/mol. The van der Waals surface area contributed by atoms with Crippen molar-refractivity contribution in [3.63, 3.8) is 0 Å². The third-order valence-electron chi connectivity index (χ3n) is 6.08. The first-order valence-electron chi connectivity index (χ1n) is 10.7. The predicted molar refractivity (Wildman–Crippen MR) is 104 cm³/mol. The van der Waals surface area contributed by atoms with E-state index < -0.39 is 9.84 Å². The second kappa shape index (κ2) is 8.62. The molecule has 1 unspecified atom stereocenters. The molecule has 0 N–H and O–H groups in total. The first-order valence-corrected chi connectivity index (χ1v) is 12.4. The lowest BCUT2D eigenvalue weighted by atomic mass is 10.1. The van der Waals surface area contributed by atoms with Crippen LogP contribution in [0.1, 0.15) is 63.5 Å². The molecule has 27 heavy (non-hydrogen) atoms. The van der Waals surface area contributed by atoms with E-state index in [-0.39, 0.29) is 17.0 Å². The number of rotatable bonds is 7.